The van der Waals surface area contributed by atoms with Gasteiger partial charge in [-0.3, -0.25) is 4.79 Å². The van der Waals surface area contributed by atoms with E-state index in [-0.39, 0.29) is 11.9 Å². The second kappa shape index (κ2) is 6.46. The molecular weight excluding hydrogens is 280 g/mol. The van der Waals surface area contributed by atoms with Crippen molar-refractivity contribution >= 4 is 16.9 Å². The fraction of sp³-hybridized carbons (Fsp3) is 0.500. The molecule has 0 aliphatic carbocycles. The number of nitrogens with zero attached hydrogens (tertiary/aromatic N) is 2. The molecular formula is C16H22N4O2. The van der Waals surface area contributed by atoms with Crippen LogP contribution in [0.1, 0.15) is 18.7 Å². The molecule has 0 bridgehead atoms. The van der Waals surface area contributed by atoms with E-state index in [4.69, 9.17) is 0 Å². The number of carbonyl (C=O) groups excluding carboxylic acids is 1. The Hall–Kier alpha value is -1.92. The summed E-state index contributed by atoms with van der Waals surface area (Å²) >= 11 is 0. The maximum atomic E-state index is 12.2. The molecule has 0 unspecified atom stereocenters. The van der Waals surface area contributed by atoms with Crippen LogP contribution < -0.4 is 5.32 Å². The van der Waals surface area contributed by atoms with E-state index in [0.717, 1.165) is 29.7 Å². The molecule has 0 radical (unpaired) electrons. The zero-order valence-electron chi connectivity index (χ0n) is 12.7. The third-order valence-electron chi connectivity index (χ3n) is 4.13. The number of likely N-dealkylation sites (N-methyl/N-ethyl adjacent to an activating group) is 1. The van der Waals surface area contributed by atoms with Gasteiger partial charge in [0.2, 0.25) is 5.91 Å². The Kier molecular flexibility index (Phi) is 4.40. The molecule has 2 heterocycles. The van der Waals surface area contributed by atoms with Crippen molar-refractivity contribution in [2.75, 3.05) is 20.1 Å². The minimum Gasteiger partial charge on any atom is -0.392 e. The van der Waals surface area contributed by atoms with Gasteiger partial charge in [-0.15, -0.1) is 0 Å². The molecule has 1 amide bonds. The van der Waals surface area contributed by atoms with Gasteiger partial charge in [-0.1, -0.05) is 12.1 Å². The molecule has 1 aromatic carbocycles. The van der Waals surface area contributed by atoms with Crippen LogP contribution in [0.15, 0.2) is 24.3 Å². The van der Waals surface area contributed by atoms with Gasteiger partial charge in [0.1, 0.15) is 5.82 Å². The molecule has 1 saturated heterocycles. The van der Waals surface area contributed by atoms with Crippen LogP contribution in [0.25, 0.3) is 11.0 Å². The lowest BCUT2D eigenvalue weighted by atomic mass is 10.2. The number of para-hydroxylation sites is 2. The summed E-state index contributed by atoms with van der Waals surface area (Å²) < 4.78 is 0. The minimum absolute atomic E-state index is 0.0566. The van der Waals surface area contributed by atoms with Crippen LogP contribution in [0, 0.1) is 0 Å². The van der Waals surface area contributed by atoms with Gasteiger partial charge in [-0.2, -0.15) is 0 Å². The van der Waals surface area contributed by atoms with E-state index in [9.17, 15) is 9.90 Å². The van der Waals surface area contributed by atoms with Gasteiger partial charge < -0.3 is 20.3 Å². The normalized spacial score (nSPS) is 21.4. The number of fused-ring (bicyclic) bond motifs is 1. The van der Waals surface area contributed by atoms with Crippen LogP contribution in [0.4, 0.5) is 0 Å². The average molecular weight is 302 g/mol. The number of carbonyl (C=O) groups is 1. The number of aryl methyl sites for hydroxylation is 1. The molecule has 0 spiro atoms. The summed E-state index contributed by atoms with van der Waals surface area (Å²) in [6.07, 6.45) is 1.77. The summed E-state index contributed by atoms with van der Waals surface area (Å²) in [6, 6.07) is 7.72. The van der Waals surface area contributed by atoms with Gasteiger partial charge in [-0.25, -0.2) is 4.98 Å². The summed E-state index contributed by atoms with van der Waals surface area (Å²) in [5.41, 5.74) is 2.03. The zero-order chi connectivity index (χ0) is 15.5. The molecule has 1 aromatic heterocycles. The van der Waals surface area contributed by atoms with Crippen molar-refractivity contribution in [2.24, 2.45) is 0 Å². The maximum absolute atomic E-state index is 12.2. The van der Waals surface area contributed by atoms with E-state index in [2.05, 4.69) is 15.3 Å². The zero-order valence-corrected chi connectivity index (χ0v) is 12.7. The highest BCUT2D eigenvalue weighted by Gasteiger charge is 2.29. The SMILES string of the molecule is CN(CCCc1nc2ccccc2[nH]1)C(=O)[C@H]1C[C@@H](O)CN1. The molecule has 2 aromatic rings. The molecule has 22 heavy (non-hydrogen) atoms. The first-order valence-corrected chi connectivity index (χ1v) is 7.73. The lowest BCUT2D eigenvalue weighted by molar-refractivity contribution is -0.131. The summed E-state index contributed by atoms with van der Waals surface area (Å²) in [5, 5.41) is 12.5. The Labute approximate surface area is 129 Å². The predicted molar refractivity (Wildman–Crippen MR) is 84.5 cm³/mol. The molecule has 1 fully saturated rings. The van der Waals surface area contributed by atoms with Crippen molar-refractivity contribution in [3.05, 3.63) is 30.1 Å². The number of amides is 1. The average Bonchev–Trinajstić information content (AvgIpc) is 3.11. The standard InChI is InChI=1S/C16H22N4O2/c1-20(16(22)14-9-11(21)10-17-14)8-4-7-15-18-12-5-2-3-6-13(12)19-15/h2-3,5-6,11,14,17,21H,4,7-10H2,1H3,(H,18,19)/t11-,14-/m1/s1. The molecule has 118 valence electrons. The second-order valence-electron chi connectivity index (χ2n) is 5.91. The van der Waals surface area contributed by atoms with Crippen LogP contribution in [-0.2, 0) is 11.2 Å². The van der Waals surface area contributed by atoms with Crippen molar-refractivity contribution in [1.29, 1.82) is 0 Å². The summed E-state index contributed by atoms with van der Waals surface area (Å²) in [4.78, 5) is 21.8. The third-order valence-corrected chi connectivity index (χ3v) is 4.13. The van der Waals surface area contributed by atoms with Gasteiger partial charge in [0.15, 0.2) is 0 Å². The van der Waals surface area contributed by atoms with Gasteiger partial charge in [0.05, 0.1) is 23.2 Å². The van der Waals surface area contributed by atoms with Crippen molar-refractivity contribution in [3.63, 3.8) is 0 Å². The van der Waals surface area contributed by atoms with E-state index >= 15 is 0 Å². The molecule has 2 atom stereocenters. The number of imidazole rings is 1. The molecule has 0 saturated carbocycles. The van der Waals surface area contributed by atoms with Crippen molar-refractivity contribution in [1.82, 2.24) is 20.2 Å². The third kappa shape index (κ3) is 3.28. The first-order valence-electron chi connectivity index (χ1n) is 7.73. The van der Waals surface area contributed by atoms with Crippen LogP contribution in [0.5, 0.6) is 0 Å². The monoisotopic (exact) mass is 302 g/mol. The van der Waals surface area contributed by atoms with E-state index in [1.165, 1.54) is 0 Å². The van der Waals surface area contributed by atoms with Crippen molar-refractivity contribution < 1.29 is 9.90 Å². The largest absolute Gasteiger partial charge is 0.392 e. The van der Waals surface area contributed by atoms with E-state index < -0.39 is 6.10 Å². The van der Waals surface area contributed by atoms with E-state index in [0.29, 0.717) is 19.5 Å². The fourth-order valence-electron chi connectivity index (χ4n) is 2.89. The summed E-state index contributed by atoms with van der Waals surface area (Å²) in [6.45, 7) is 1.19. The smallest absolute Gasteiger partial charge is 0.239 e. The summed E-state index contributed by atoms with van der Waals surface area (Å²) in [5.74, 6) is 1.01. The maximum Gasteiger partial charge on any atom is 0.239 e. The molecule has 3 N–H and O–H groups in total. The Balaban J connectivity index is 1.48. The number of aliphatic hydroxyl groups is 1. The lowest BCUT2D eigenvalue weighted by Gasteiger charge is -2.20. The van der Waals surface area contributed by atoms with Crippen LogP contribution in [0.2, 0.25) is 0 Å². The molecule has 1 aliphatic heterocycles. The Morgan fingerprint density at radius 3 is 3.00 bits per heavy atom. The highest BCUT2D eigenvalue weighted by molar-refractivity contribution is 5.82. The fourth-order valence-corrected chi connectivity index (χ4v) is 2.89. The number of hydrogen-bond acceptors (Lipinski definition) is 4. The predicted octanol–water partition coefficient (Wildman–Crippen LogP) is 0.677. The molecule has 6 heteroatoms. The van der Waals surface area contributed by atoms with E-state index in [1.54, 1.807) is 4.90 Å². The molecule has 1 aliphatic rings. The van der Waals surface area contributed by atoms with Gasteiger partial charge in [0.25, 0.3) is 0 Å². The topological polar surface area (TPSA) is 81.2 Å². The van der Waals surface area contributed by atoms with Gasteiger partial charge in [0, 0.05) is 26.6 Å². The highest BCUT2D eigenvalue weighted by Crippen LogP contribution is 2.12. The van der Waals surface area contributed by atoms with Crippen molar-refractivity contribution in [2.45, 2.75) is 31.4 Å². The number of β-amino-alcohol motifs (C(OH)–C–C–N with tert-alkyl or cyclic N) is 1. The highest BCUT2D eigenvalue weighted by atomic mass is 16.3. The number of rotatable bonds is 5. The minimum atomic E-state index is -0.405. The van der Waals surface area contributed by atoms with Gasteiger partial charge >= 0.3 is 0 Å². The van der Waals surface area contributed by atoms with Crippen LogP contribution >= 0.6 is 0 Å². The first-order chi connectivity index (χ1) is 10.6. The summed E-state index contributed by atoms with van der Waals surface area (Å²) in [7, 11) is 1.81. The quantitative estimate of drug-likeness (QED) is 0.758. The number of aromatic amines is 1. The molecule has 6 nitrogen and oxygen atoms in total. The Morgan fingerprint density at radius 2 is 2.27 bits per heavy atom. The number of aliphatic hydroxyl groups excluding tert-OH is 1. The van der Waals surface area contributed by atoms with Crippen LogP contribution in [0.3, 0.4) is 0 Å². The number of aromatic nitrogens is 2. The number of H-pyrrole nitrogens is 1. The second-order valence-corrected chi connectivity index (χ2v) is 5.91. The number of benzene rings is 1. The number of nitrogens with one attached hydrogen (secondary N) is 2. The van der Waals surface area contributed by atoms with Crippen LogP contribution in [-0.4, -0.2) is 58.2 Å². The van der Waals surface area contributed by atoms with E-state index in [1.807, 2.05) is 31.3 Å². The van der Waals surface area contributed by atoms with Crippen molar-refractivity contribution in [3.8, 4) is 0 Å². The Bertz CT molecular complexity index is 621. The van der Waals surface area contributed by atoms with Gasteiger partial charge in [-0.05, 0) is 25.0 Å². The first kappa shape index (κ1) is 15.0. The number of hydrogen-bond donors (Lipinski definition) is 3. The Morgan fingerprint density at radius 1 is 1.45 bits per heavy atom. The molecule has 3 rings (SSSR count). The lowest BCUT2D eigenvalue weighted by Crippen LogP contribution is -2.42.